The molecule has 0 spiro atoms. The summed E-state index contributed by atoms with van der Waals surface area (Å²) >= 11 is 1.42. The van der Waals surface area contributed by atoms with Crippen molar-refractivity contribution in [3.8, 4) is 0 Å². The van der Waals surface area contributed by atoms with Crippen molar-refractivity contribution < 1.29 is 14.7 Å². The molecule has 0 aliphatic heterocycles. The fourth-order valence-electron chi connectivity index (χ4n) is 1.72. The van der Waals surface area contributed by atoms with Crippen LogP contribution >= 0.6 is 11.3 Å². The number of carbonyl (C=O) groups is 2. The van der Waals surface area contributed by atoms with Gasteiger partial charge in [0.05, 0.1) is 4.88 Å². The van der Waals surface area contributed by atoms with Crippen LogP contribution in [0.5, 0.6) is 0 Å². The van der Waals surface area contributed by atoms with E-state index >= 15 is 0 Å². The Morgan fingerprint density at radius 2 is 2.11 bits per heavy atom. The third-order valence-corrected chi connectivity index (χ3v) is 3.87. The van der Waals surface area contributed by atoms with Gasteiger partial charge >= 0.3 is 5.97 Å². The Kier molecular flexibility index (Phi) is 5.34. The van der Waals surface area contributed by atoms with Crippen molar-refractivity contribution in [2.75, 3.05) is 0 Å². The molecule has 0 aliphatic carbocycles. The quantitative estimate of drug-likeness (QED) is 0.834. The van der Waals surface area contributed by atoms with Crippen LogP contribution in [0.2, 0.25) is 0 Å². The number of carboxylic acid groups (broad SMARTS) is 1. The number of aryl methyl sites for hydroxylation is 2. The molecule has 0 aromatic carbocycles. The minimum atomic E-state index is -0.993. The van der Waals surface area contributed by atoms with Crippen molar-refractivity contribution in [1.29, 1.82) is 0 Å². The lowest BCUT2D eigenvalue weighted by atomic mass is 10.1. The van der Waals surface area contributed by atoms with Gasteiger partial charge in [-0.3, -0.25) is 4.79 Å². The number of nitrogens with one attached hydrogen (secondary N) is 1. The van der Waals surface area contributed by atoms with E-state index in [9.17, 15) is 9.59 Å². The molecule has 1 aromatic heterocycles. The number of hydrogen-bond donors (Lipinski definition) is 2. The maximum atomic E-state index is 11.9. The predicted octanol–water partition coefficient (Wildman–Crippen LogP) is 2.60. The van der Waals surface area contributed by atoms with Crippen LogP contribution in [0.15, 0.2) is 6.07 Å². The minimum Gasteiger partial charge on any atom is -0.480 e. The maximum absolute atomic E-state index is 11.9. The second-order valence-corrected chi connectivity index (χ2v) is 5.47. The van der Waals surface area contributed by atoms with Crippen molar-refractivity contribution in [3.63, 3.8) is 0 Å². The van der Waals surface area contributed by atoms with E-state index in [2.05, 4.69) is 12.2 Å². The zero-order chi connectivity index (χ0) is 13.7. The first-order valence-electron chi connectivity index (χ1n) is 6.12. The topological polar surface area (TPSA) is 66.4 Å². The first-order valence-corrected chi connectivity index (χ1v) is 6.94. The van der Waals surface area contributed by atoms with Gasteiger partial charge < -0.3 is 10.4 Å². The van der Waals surface area contributed by atoms with Crippen molar-refractivity contribution in [2.24, 2.45) is 0 Å². The fraction of sp³-hybridized carbons (Fsp3) is 0.538. The molecular weight excluding hydrogens is 250 g/mol. The minimum absolute atomic E-state index is 0.292. The highest BCUT2D eigenvalue weighted by atomic mass is 32.1. The molecule has 100 valence electrons. The van der Waals surface area contributed by atoms with Gasteiger partial charge in [-0.25, -0.2) is 4.79 Å². The van der Waals surface area contributed by atoms with E-state index in [4.69, 9.17) is 5.11 Å². The number of hydrogen-bond acceptors (Lipinski definition) is 3. The average Bonchev–Trinajstić information content (AvgIpc) is 2.68. The van der Waals surface area contributed by atoms with Gasteiger partial charge in [-0.05, 0) is 31.4 Å². The lowest BCUT2D eigenvalue weighted by Gasteiger charge is -2.10. The lowest BCUT2D eigenvalue weighted by molar-refractivity contribution is -0.139. The summed E-state index contributed by atoms with van der Waals surface area (Å²) < 4.78 is 0. The second-order valence-electron chi connectivity index (χ2n) is 4.21. The average molecular weight is 269 g/mol. The Hall–Kier alpha value is -1.36. The normalized spacial score (nSPS) is 12.2. The Bertz CT molecular complexity index is 439. The lowest BCUT2D eigenvalue weighted by Crippen LogP contribution is -2.39. The number of carboxylic acids is 1. The molecule has 1 amide bonds. The number of aliphatic carboxylic acids is 1. The molecule has 0 fully saturated rings. The van der Waals surface area contributed by atoms with E-state index in [0.717, 1.165) is 17.7 Å². The molecule has 2 N–H and O–H groups in total. The number of carbonyl (C=O) groups excluding carboxylic acids is 1. The van der Waals surface area contributed by atoms with Crippen LogP contribution in [0.4, 0.5) is 0 Å². The first kappa shape index (κ1) is 14.7. The Balaban J connectivity index is 2.78. The summed E-state index contributed by atoms with van der Waals surface area (Å²) in [5.41, 5.74) is 1.18. The summed E-state index contributed by atoms with van der Waals surface area (Å²) in [6.45, 7) is 5.82. The summed E-state index contributed by atoms with van der Waals surface area (Å²) in [5.74, 6) is -1.28. The number of rotatable bonds is 6. The summed E-state index contributed by atoms with van der Waals surface area (Å²) in [4.78, 5) is 24.5. The molecule has 5 heteroatoms. The van der Waals surface area contributed by atoms with Crippen LogP contribution in [0.25, 0.3) is 0 Å². The fourth-order valence-corrected chi connectivity index (χ4v) is 2.69. The molecule has 0 saturated heterocycles. The van der Waals surface area contributed by atoms with Crippen LogP contribution in [0, 0.1) is 6.92 Å². The summed E-state index contributed by atoms with van der Waals surface area (Å²) in [6.07, 6.45) is 2.37. The highest BCUT2D eigenvalue weighted by molar-refractivity contribution is 7.14. The van der Waals surface area contributed by atoms with E-state index in [-0.39, 0.29) is 5.91 Å². The van der Waals surface area contributed by atoms with Crippen molar-refractivity contribution in [3.05, 3.63) is 21.4 Å². The van der Waals surface area contributed by atoms with E-state index in [1.165, 1.54) is 16.9 Å². The molecule has 1 atom stereocenters. The van der Waals surface area contributed by atoms with Gasteiger partial charge in [0.2, 0.25) is 0 Å². The predicted molar refractivity (Wildman–Crippen MR) is 72.2 cm³/mol. The molecular formula is C13H19NO3S. The van der Waals surface area contributed by atoms with Gasteiger partial charge in [0, 0.05) is 4.88 Å². The van der Waals surface area contributed by atoms with Crippen molar-refractivity contribution in [1.82, 2.24) is 5.32 Å². The summed E-state index contributed by atoms with van der Waals surface area (Å²) in [5, 5.41) is 11.4. The van der Waals surface area contributed by atoms with Gasteiger partial charge in [-0.15, -0.1) is 11.3 Å². The van der Waals surface area contributed by atoms with Crippen LogP contribution in [-0.2, 0) is 11.2 Å². The zero-order valence-corrected chi connectivity index (χ0v) is 11.8. The summed E-state index contributed by atoms with van der Waals surface area (Å²) in [7, 11) is 0. The number of amides is 1. The van der Waals surface area contributed by atoms with Crippen LogP contribution in [0.3, 0.4) is 0 Å². The van der Waals surface area contributed by atoms with E-state index in [1.54, 1.807) is 6.92 Å². The van der Waals surface area contributed by atoms with Crippen molar-refractivity contribution >= 4 is 23.2 Å². The highest BCUT2D eigenvalue weighted by Gasteiger charge is 2.20. The Labute approximate surface area is 111 Å². The van der Waals surface area contributed by atoms with Gasteiger partial charge in [0.1, 0.15) is 6.04 Å². The molecule has 0 aliphatic rings. The largest absolute Gasteiger partial charge is 0.480 e. The highest BCUT2D eigenvalue weighted by Crippen LogP contribution is 2.22. The van der Waals surface area contributed by atoms with Gasteiger partial charge in [0.15, 0.2) is 0 Å². The molecule has 18 heavy (non-hydrogen) atoms. The van der Waals surface area contributed by atoms with Crippen LogP contribution < -0.4 is 5.32 Å². The third-order valence-electron chi connectivity index (χ3n) is 2.78. The molecule has 0 radical (unpaired) electrons. The second kappa shape index (κ2) is 6.54. The molecule has 0 saturated carbocycles. The smallest absolute Gasteiger partial charge is 0.326 e. The van der Waals surface area contributed by atoms with Crippen molar-refractivity contribution in [2.45, 2.75) is 46.1 Å². The standard InChI is InChI=1S/C13H19NO3S/c1-4-6-9-7-11(18-8(9)3)12(15)14-10(5-2)13(16)17/h7,10H,4-6H2,1-3H3,(H,14,15)(H,16,17)/t10-/m0/s1. The molecule has 0 bridgehead atoms. The third kappa shape index (κ3) is 3.57. The maximum Gasteiger partial charge on any atom is 0.326 e. The number of thiophene rings is 1. The van der Waals surface area contributed by atoms with Gasteiger partial charge in [-0.2, -0.15) is 0 Å². The van der Waals surface area contributed by atoms with Crippen LogP contribution in [-0.4, -0.2) is 23.0 Å². The monoisotopic (exact) mass is 269 g/mol. The zero-order valence-electron chi connectivity index (χ0n) is 10.9. The van der Waals surface area contributed by atoms with Gasteiger partial charge in [0.25, 0.3) is 5.91 Å². The Morgan fingerprint density at radius 3 is 2.61 bits per heavy atom. The van der Waals surface area contributed by atoms with E-state index in [0.29, 0.717) is 11.3 Å². The first-order chi connectivity index (χ1) is 8.49. The molecule has 1 aromatic rings. The Morgan fingerprint density at radius 1 is 1.44 bits per heavy atom. The van der Waals surface area contributed by atoms with E-state index in [1.807, 2.05) is 13.0 Å². The molecule has 1 rings (SSSR count). The van der Waals surface area contributed by atoms with E-state index < -0.39 is 12.0 Å². The van der Waals surface area contributed by atoms with Gasteiger partial charge in [-0.1, -0.05) is 20.3 Å². The summed E-state index contributed by atoms with van der Waals surface area (Å²) in [6, 6.07) is 1.06. The molecule has 4 nitrogen and oxygen atoms in total. The van der Waals surface area contributed by atoms with Crippen LogP contribution in [0.1, 0.15) is 46.8 Å². The molecule has 0 unspecified atom stereocenters. The molecule has 1 heterocycles. The SMILES string of the molecule is CCCc1cc(C(=O)N[C@@H](CC)C(=O)O)sc1C.